The molecule has 0 radical (unpaired) electrons. The fourth-order valence-corrected chi connectivity index (χ4v) is 2.34. The Hall–Kier alpha value is -0.840. The van der Waals surface area contributed by atoms with Crippen molar-refractivity contribution in [3.05, 3.63) is 34.9 Å². The van der Waals surface area contributed by atoms with Gasteiger partial charge in [0.05, 0.1) is 12.6 Å². The maximum atomic E-state index is 6.13. The summed E-state index contributed by atoms with van der Waals surface area (Å²) in [5.41, 5.74) is 1.03. The number of rotatable bonds is 5. The third kappa shape index (κ3) is 4.80. The molecule has 0 aliphatic heterocycles. The molecule has 1 rings (SSSR count). The molecule has 5 heteroatoms. The van der Waals surface area contributed by atoms with Crippen molar-refractivity contribution in [3.8, 4) is 0 Å². The molecule has 0 aliphatic rings. The first-order chi connectivity index (χ1) is 8.54. The molecule has 0 spiro atoms. The van der Waals surface area contributed by atoms with Crippen LogP contribution in [0.25, 0.3) is 0 Å². The van der Waals surface area contributed by atoms with Crippen LogP contribution in [0.3, 0.4) is 0 Å². The molecule has 100 valence electrons. The average molecular weight is 287 g/mol. The SMILES string of the molecule is COCC(C)NC(=S)NC(C)c1ccccc1Cl. The van der Waals surface area contributed by atoms with E-state index in [1.807, 2.05) is 38.1 Å². The van der Waals surface area contributed by atoms with E-state index in [4.69, 9.17) is 28.6 Å². The Morgan fingerprint density at radius 1 is 1.33 bits per heavy atom. The first-order valence-corrected chi connectivity index (χ1v) is 6.63. The van der Waals surface area contributed by atoms with Gasteiger partial charge in [-0.25, -0.2) is 0 Å². The minimum Gasteiger partial charge on any atom is -0.383 e. The van der Waals surface area contributed by atoms with E-state index in [-0.39, 0.29) is 12.1 Å². The second kappa shape index (κ2) is 7.56. The van der Waals surface area contributed by atoms with Crippen molar-refractivity contribution in [3.63, 3.8) is 0 Å². The molecular formula is C13H19ClN2OS. The summed E-state index contributed by atoms with van der Waals surface area (Å²) in [5.74, 6) is 0. The highest BCUT2D eigenvalue weighted by Crippen LogP contribution is 2.21. The molecular weight excluding hydrogens is 268 g/mol. The van der Waals surface area contributed by atoms with Crippen molar-refractivity contribution in [2.45, 2.75) is 25.9 Å². The second-order valence-corrected chi connectivity index (χ2v) is 5.03. The van der Waals surface area contributed by atoms with Gasteiger partial charge in [0, 0.05) is 18.2 Å². The molecule has 0 heterocycles. The Bertz CT molecular complexity index is 400. The molecule has 0 aliphatic carbocycles. The van der Waals surface area contributed by atoms with E-state index in [1.54, 1.807) is 7.11 Å². The van der Waals surface area contributed by atoms with Gasteiger partial charge in [-0.05, 0) is 37.7 Å². The summed E-state index contributed by atoms with van der Waals surface area (Å²) in [5, 5.41) is 7.70. The van der Waals surface area contributed by atoms with E-state index in [9.17, 15) is 0 Å². The number of ether oxygens (including phenoxy) is 1. The van der Waals surface area contributed by atoms with Gasteiger partial charge in [-0.3, -0.25) is 0 Å². The molecule has 1 aromatic rings. The number of hydrogen-bond donors (Lipinski definition) is 2. The molecule has 2 N–H and O–H groups in total. The molecule has 0 saturated heterocycles. The monoisotopic (exact) mass is 286 g/mol. The standard InChI is InChI=1S/C13H19ClN2OS/c1-9(8-17-3)15-13(18)16-10(2)11-6-4-5-7-12(11)14/h4-7,9-10H,8H2,1-3H3,(H2,15,16,18). The number of halogens is 1. The lowest BCUT2D eigenvalue weighted by Crippen LogP contribution is -2.43. The quantitative estimate of drug-likeness (QED) is 0.816. The lowest BCUT2D eigenvalue weighted by molar-refractivity contribution is 0.179. The maximum absolute atomic E-state index is 6.13. The number of hydrogen-bond acceptors (Lipinski definition) is 2. The molecule has 0 saturated carbocycles. The van der Waals surface area contributed by atoms with Crippen LogP contribution in [-0.4, -0.2) is 24.9 Å². The van der Waals surface area contributed by atoms with E-state index in [0.29, 0.717) is 11.7 Å². The number of nitrogens with one attached hydrogen (secondary N) is 2. The van der Waals surface area contributed by atoms with Gasteiger partial charge in [0.15, 0.2) is 5.11 Å². The molecule has 2 atom stereocenters. The third-order valence-electron chi connectivity index (χ3n) is 2.51. The fraction of sp³-hybridized carbons (Fsp3) is 0.462. The summed E-state index contributed by atoms with van der Waals surface area (Å²) in [6, 6.07) is 7.97. The van der Waals surface area contributed by atoms with Crippen LogP contribution in [0.2, 0.25) is 5.02 Å². The minimum atomic E-state index is 0.0634. The smallest absolute Gasteiger partial charge is 0.167 e. The van der Waals surface area contributed by atoms with Crippen LogP contribution in [-0.2, 0) is 4.74 Å². The zero-order chi connectivity index (χ0) is 13.5. The zero-order valence-electron chi connectivity index (χ0n) is 10.9. The van der Waals surface area contributed by atoms with Gasteiger partial charge in [-0.2, -0.15) is 0 Å². The molecule has 18 heavy (non-hydrogen) atoms. The molecule has 0 bridgehead atoms. The molecule has 0 fully saturated rings. The van der Waals surface area contributed by atoms with Gasteiger partial charge in [0.2, 0.25) is 0 Å². The first kappa shape index (κ1) is 15.2. The van der Waals surface area contributed by atoms with E-state index in [0.717, 1.165) is 10.6 Å². The Morgan fingerprint density at radius 3 is 2.61 bits per heavy atom. The summed E-state index contributed by atoms with van der Waals surface area (Å²) in [4.78, 5) is 0. The first-order valence-electron chi connectivity index (χ1n) is 5.85. The van der Waals surface area contributed by atoms with Gasteiger partial charge in [-0.1, -0.05) is 29.8 Å². The van der Waals surface area contributed by atoms with Crippen LogP contribution in [0, 0.1) is 0 Å². The van der Waals surface area contributed by atoms with Crippen molar-refractivity contribution in [2.24, 2.45) is 0 Å². The fourth-order valence-electron chi connectivity index (χ4n) is 1.66. The van der Waals surface area contributed by atoms with Crippen LogP contribution in [0.5, 0.6) is 0 Å². The van der Waals surface area contributed by atoms with Gasteiger partial charge < -0.3 is 15.4 Å². The zero-order valence-corrected chi connectivity index (χ0v) is 12.4. The maximum Gasteiger partial charge on any atom is 0.167 e. The molecule has 3 nitrogen and oxygen atoms in total. The molecule has 1 aromatic carbocycles. The van der Waals surface area contributed by atoms with Crippen LogP contribution in [0.4, 0.5) is 0 Å². The number of methoxy groups -OCH3 is 1. The van der Waals surface area contributed by atoms with Crippen molar-refractivity contribution in [2.75, 3.05) is 13.7 Å². The van der Waals surface area contributed by atoms with Crippen molar-refractivity contribution in [1.29, 1.82) is 0 Å². The summed E-state index contributed by atoms with van der Waals surface area (Å²) < 4.78 is 5.04. The third-order valence-corrected chi connectivity index (χ3v) is 3.09. The Kier molecular flexibility index (Phi) is 6.39. The highest BCUT2D eigenvalue weighted by atomic mass is 35.5. The van der Waals surface area contributed by atoms with Crippen molar-refractivity contribution < 1.29 is 4.74 Å². The van der Waals surface area contributed by atoms with Gasteiger partial charge in [0.25, 0.3) is 0 Å². The minimum absolute atomic E-state index is 0.0634. The predicted octanol–water partition coefficient (Wildman–Crippen LogP) is 2.90. The summed E-state index contributed by atoms with van der Waals surface area (Å²) in [6.07, 6.45) is 0. The predicted molar refractivity (Wildman–Crippen MR) is 80.1 cm³/mol. The lowest BCUT2D eigenvalue weighted by atomic mass is 10.1. The normalized spacial score (nSPS) is 13.8. The van der Waals surface area contributed by atoms with E-state index in [1.165, 1.54) is 0 Å². The lowest BCUT2D eigenvalue weighted by Gasteiger charge is -2.21. The topological polar surface area (TPSA) is 33.3 Å². The highest BCUT2D eigenvalue weighted by molar-refractivity contribution is 7.80. The van der Waals surface area contributed by atoms with E-state index >= 15 is 0 Å². The summed E-state index contributed by atoms with van der Waals surface area (Å²) >= 11 is 11.4. The summed E-state index contributed by atoms with van der Waals surface area (Å²) in [7, 11) is 1.67. The average Bonchev–Trinajstić information content (AvgIpc) is 2.29. The largest absolute Gasteiger partial charge is 0.383 e. The molecule has 0 aromatic heterocycles. The van der Waals surface area contributed by atoms with Crippen LogP contribution >= 0.6 is 23.8 Å². The van der Waals surface area contributed by atoms with Crippen LogP contribution in [0.15, 0.2) is 24.3 Å². The number of benzene rings is 1. The van der Waals surface area contributed by atoms with Crippen LogP contribution in [0.1, 0.15) is 25.5 Å². The Balaban J connectivity index is 2.52. The number of thiocarbonyl (C=S) groups is 1. The Morgan fingerprint density at radius 2 is 2.00 bits per heavy atom. The Labute approximate surface area is 119 Å². The summed E-state index contributed by atoms with van der Waals surface area (Å²) in [6.45, 7) is 4.65. The van der Waals surface area contributed by atoms with Crippen molar-refractivity contribution >= 4 is 28.9 Å². The van der Waals surface area contributed by atoms with Gasteiger partial charge in [-0.15, -0.1) is 0 Å². The van der Waals surface area contributed by atoms with E-state index in [2.05, 4.69) is 10.6 Å². The highest BCUT2D eigenvalue weighted by Gasteiger charge is 2.11. The molecule has 2 unspecified atom stereocenters. The second-order valence-electron chi connectivity index (χ2n) is 4.22. The van der Waals surface area contributed by atoms with Crippen LogP contribution < -0.4 is 10.6 Å². The van der Waals surface area contributed by atoms with Gasteiger partial charge >= 0.3 is 0 Å². The molecule has 0 amide bonds. The van der Waals surface area contributed by atoms with Crippen molar-refractivity contribution in [1.82, 2.24) is 10.6 Å². The van der Waals surface area contributed by atoms with Gasteiger partial charge in [0.1, 0.15) is 0 Å². The van der Waals surface area contributed by atoms with E-state index < -0.39 is 0 Å².